The van der Waals surface area contributed by atoms with E-state index in [0.29, 0.717) is 41.5 Å². The molecule has 0 spiro atoms. The number of rotatable bonds is 3. The van der Waals surface area contributed by atoms with Gasteiger partial charge in [-0.3, -0.25) is 9.48 Å². The van der Waals surface area contributed by atoms with Crippen molar-refractivity contribution in [3.63, 3.8) is 0 Å². The quantitative estimate of drug-likeness (QED) is 0.911. The molecule has 7 heteroatoms. The maximum atomic E-state index is 13.3. The molecule has 2 aromatic heterocycles. The number of amides is 1. The summed E-state index contributed by atoms with van der Waals surface area (Å²) in [5.74, 6) is 1.61. The number of hydrogen-bond donors (Lipinski definition) is 1. The van der Waals surface area contributed by atoms with Crippen molar-refractivity contribution in [3.8, 4) is 11.4 Å². The zero-order chi connectivity index (χ0) is 16.8. The minimum atomic E-state index is -0.0523. The number of carbonyl (C=O) groups is 1. The van der Waals surface area contributed by atoms with Gasteiger partial charge in [0, 0.05) is 44.3 Å². The van der Waals surface area contributed by atoms with E-state index in [1.54, 1.807) is 29.3 Å². The van der Waals surface area contributed by atoms with E-state index < -0.39 is 0 Å². The van der Waals surface area contributed by atoms with E-state index in [9.17, 15) is 4.79 Å². The van der Waals surface area contributed by atoms with Crippen LogP contribution in [0, 0.1) is 11.8 Å². The van der Waals surface area contributed by atoms with Gasteiger partial charge in [-0.25, -0.2) is 9.97 Å². The molecule has 126 valence electrons. The summed E-state index contributed by atoms with van der Waals surface area (Å²) in [5.41, 5.74) is 7.08. The van der Waals surface area contributed by atoms with Crippen molar-refractivity contribution in [1.82, 2.24) is 24.6 Å². The third-order valence-electron chi connectivity index (χ3n) is 5.56. The fourth-order valence-corrected chi connectivity index (χ4v) is 4.14. The summed E-state index contributed by atoms with van der Waals surface area (Å²) < 4.78 is 1.65. The van der Waals surface area contributed by atoms with E-state index in [2.05, 4.69) is 22.0 Å². The molecule has 2 aromatic rings. The highest BCUT2D eigenvalue weighted by atomic mass is 16.2. The Morgan fingerprint density at radius 2 is 2.04 bits per heavy atom. The predicted molar refractivity (Wildman–Crippen MR) is 88.9 cm³/mol. The molecule has 3 aliphatic rings. The first kappa shape index (κ1) is 15.3. The molecule has 3 fully saturated rings. The first-order chi connectivity index (χ1) is 11.6. The van der Waals surface area contributed by atoms with Crippen molar-refractivity contribution in [2.24, 2.45) is 24.6 Å². The largest absolute Gasteiger partial charge is 0.330 e. The van der Waals surface area contributed by atoms with E-state index >= 15 is 0 Å². The summed E-state index contributed by atoms with van der Waals surface area (Å²) in [4.78, 5) is 23.8. The number of carbonyl (C=O) groups excluding carboxylic acids is 1. The molecule has 2 atom stereocenters. The molecule has 2 N–H and O–H groups in total. The topological polar surface area (TPSA) is 89.9 Å². The standard InChI is InChI=1S/C17H22N6O/c1-10-11-6-12(7-11)23(14(10)8-18)17(24)15-13(9-22(2)21-15)16-19-4-3-5-20-16/h3-5,9-12,14H,6-8,18H2,1-2H3/t10-,11?,12?,14?/m1/s1. The first-order valence-electron chi connectivity index (χ1n) is 8.44. The Labute approximate surface area is 140 Å². The van der Waals surface area contributed by atoms with E-state index in [-0.39, 0.29) is 11.9 Å². The molecule has 2 saturated heterocycles. The van der Waals surface area contributed by atoms with Crippen LogP contribution >= 0.6 is 0 Å². The highest BCUT2D eigenvalue weighted by molar-refractivity contribution is 5.98. The van der Waals surface area contributed by atoms with Crippen molar-refractivity contribution < 1.29 is 4.79 Å². The summed E-state index contributed by atoms with van der Waals surface area (Å²) in [6, 6.07) is 2.13. The van der Waals surface area contributed by atoms with Gasteiger partial charge < -0.3 is 10.6 Å². The Morgan fingerprint density at radius 1 is 1.33 bits per heavy atom. The van der Waals surface area contributed by atoms with Gasteiger partial charge in [0.15, 0.2) is 11.5 Å². The molecule has 2 bridgehead atoms. The van der Waals surface area contributed by atoms with Gasteiger partial charge in [-0.05, 0) is 30.7 Å². The van der Waals surface area contributed by atoms with E-state index in [1.807, 2.05) is 11.9 Å². The molecule has 1 amide bonds. The Balaban J connectivity index is 1.72. The van der Waals surface area contributed by atoms with Gasteiger partial charge in [-0.15, -0.1) is 0 Å². The van der Waals surface area contributed by atoms with Crippen LogP contribution in [-0.4, -0.2) is 49.2 Å². The minimum Gasteiger partial charge on any atom is -0.330 e. The number of piperidine rings is 2. The average molecular weight is 326 g/mol. The number of nitrogens with zero attached hydrogens (tertiary/aromatic N) is 5. The van der Waals surface area contributed by atoms with E-state index in [4.69, 9.17) is 5.73 Å². The van der Waals surface area contributed by atoms with Crippen LogP contribution in [0.1, 0.15) is 30.3 Å². The van der Waals surface area contributed by atoms with E-state index in [0.717, 1.165) is 12.8 Å². The van der Waals surface area contributed by atoms with Crippen LogP contribution in [0.4, 0.5) is 0 Å². The Morgan fingerprint density at radius 3 is 2.71 bits per heavy atom. The lowest BCUT2D eigenvalue weighted by Crippen LogP contribution is -2.64. The van der Waals surface area contributed by atoms with Gasteiger partial charge in [0.05, 0.1) is 5.56 Å². The first-order valence-corrected chi connectivity index (χ1v) is 8.44. The molecule has 24 heavy (non-hydrogen) atoms. The third kappa shape index (κ3) is 2.23. The lowest BCUT2D eigenvalue weighted by molar-refractivity contribution is -0.0517. The van der Waals surface area contributed by atoms with Crippen LogP contribution in [0.25, 0.3) is 11.4 Å². The van der Waals surface area contributed by atoms with Gasteiger partial charge in [-0.2, -0.15) is 5.10 Å². The molecular weight excluding hydrogens is 304 g/mol. The molecule has 2 aliphatic heterocycles. The second-order valence-electron chi connectivity index (χ2n) is 6.90. The lowest BCUT2D eigenvalue weighted by Gasteiger charge is -2.57. The van der Waals surface area contributed by atoms with Crippen LogP contribution in [-0.2, 0) is 7.05 Å². The summed E-state index contributed by atoms with van der Waals surface area (Å²) in [5, 5.41) is 4.41. The lowest BCUT2D eigenvalue weighted by atomic mass is 9.64. The number of hydrogen-bond acceptors (Lipinski definition) is 5. The van der Waals surface area contributed by atoms with Crippen molar-refractivity contribution in [1.29, 1.82) is 0 Å². The molecule has 5 rings (SSSR count). The van der Waals surface area contributed by atoms with Gasteiger partial charge >= 0.3 is 0 Å². The fourth-order valence-electron chi connectivity index (χ4n) is 4.14. The predicted octanol–water partition coefficient (Wildman–Crippen LogP) is 1.07. The third-order valence-corrected chi connectivity index (χ3v) is 5.56. The van der Waals surface area contributed by atoms with Gasteiger partial charge in [-0.1, -0.05) is 6.92 Å². The van der Waals surface area contributed by atoms with Crippen LogP contribution in [0.5, 0.6) is 0 Å². The van der Waals surface area contributed by atoms with Gasteiger partial charge in [0.1, 0.15) is 0 Å². The molecule has 0 radical (unpaired) electrons. The van der Waals surface area contributed by atoms with Gasteiger partial charge in [0.2, 0.25) is 0 Å². The van der Waals surface area contributed by atoms with Crippen LogP contribution in [0.2, 0.25) is 0 Å². The monoisotopic (exact) mass is 326 g/mol. The van der Waals surface area contributed by atoms with Crippen molar-refractivity contribution in [3.05, 3.63) is 30.4 Å². The van der Waals surface area contributed by atoms with Crippen LogP contribution in [0.3, 0.4) is 0 Å². The molecule has 1 saturated carbocycles. The molecule has 7 nitrogen and oxygen atoms in total. The number of aryl methyl sites for hydroxylation is 1. The minimum absolute atomic E-state index is 0.0523. The zero-order valence-electron chi connectivity index (χ0n) is 14.0. The SMILES string of the molecule is C[C@@H]1C2CC(C2)N(C(=O)c2nn(C)cc2-c2ncccn2)C1CN. The number of aromatic nitrogens is 4. The molecular formula is C17H22N6O. The second-order valence-corrected chi connectivity index (χ2v) is 6.90. The van der Waals surface area contributed by atoms with Crippen LogP contribution < -0.4 is 5.73 Å². The Hall–Kier alpha value is -2.28. The zero-order valence-corrected chi connectivity index (χ0v) is 14.0. The highest BCUT2D eigenvalue weighted by Crippen LogP contribution is 2.46. The van der Waals surface area contributed by atoms with Crippen molar-refractivity contribution >= 4 is 5.91 Å². The Kier molecular flexibility index (Phi) is 3.60. The average Bonchev–Trinajstić information content (AvgIpc) is 2.95. The molecule has 1 unspecified atom stereocenters. The number of fused-ring (bicyclic) bond motifs is 2. The van der Waals surface area contributed by atoms with Crippen LogP contribution in [0.15, 0.2) is 24.7 Å². The van der Waals surface area contributed by atoms with Crippen molar-refractivity contribution in [2.45, 2.75) is 31.8 Å². The molecule has 4 heterocycles. The summed E-state index contributed by atoms with van der Waals surface area (Å²) in [6.07, 6.45) is 7.30. The maximum Gasteiger partial charge on any atom is 0.275 e. The van der Waals surface area contributed by atoms with Gasteiger partial charge in [0.25, 0.3) is 5.91 Å². The van der Waals surface area contributed by atoms with Crippen molar-refractivity contribution in [2.75, 3.05) is 6.54 Å². The smallest absolute Gasteiger partial charge is 0.275 e. The summed E-state index contributed by atoms with van der Waals surface area (Å²) >= 11 is 0. The molecule has 0 aromatic carbocycles. The Bertz CT molecular complexity index is 752. The highest BCUT2D eigenvalue weighted by Gasteiger charge is 2.50. The maximum absolute atomic E-state index is 13.3. The summed E-state index contributed by atoms with van der Waals surface area (Å²) in [6.45, 7) is 2.70. The summed E-state index contributed by atoms with van der Waals surface area (Å²) in [7, 11) is 1.81. The molecule has 1 aliphatic carbocycles. The number of nitrogens with two attached hydrogens (primary N) is 1. The second kappa shape index (κ2) is 5.66. The fraction of sp³-hybridized carbons (Fsp3) is 0.529. The normalized spacial score (nSPS) is 28.5. The van der Waals surface area contributed by atoms with E-state index in [1.165, 1.54) is 0 Å².